The number of hydrogen-bond donors (Lipinski definition) is 0. The number of likely N-dealkylation sites (tertiary alicyclic amines) is 1. The zero-order chi connectivity index (χ0) is 13.9. The number of benzene rings is 1. The largest absolute Gasteiger partial charge is 0.377 e. The molecule has 1 aliphatic heterocycles. The molecule has 1 heterocycles. The van der Waals surface area contributed by atoms with Crippen LogP contribution in [0.5, 0.6) is 0 Å². The summed E-state index contributed by atoms with van der Waals surface area (Å²) in [5, 5.41) is 8.90. The van der Waals surface area contributed by atoms with Crippen LogP contribution >= 0.6 is 0 Å². The van der Waals surface area contributed by atoms with Crippen molar-refractivity contribution < 1.29 is 4.74 Å². The molecule has 0 aliphatic carbocycles. The van der Waals surface area contributed by atoms with Gasteiger partial charge in [0.1, 0.15) is 0 Å². The monoisotopic (exact) mass is 258 g/mol. The minimum absolute atomic E-state index is 0.0151. The second kappa shape index (κ2) is 5.73. The average molecular weight is 258 g/mol. The lowest BCUT2D eigenvalue weighted by Crippen LogP contribution is -2.46. The molecule has 0 amide bonds. The molecule has 0 aromatic heterocycles. The Balaban J connectivity index is 2.07. The van der Waals surface area contributed by atoms with Crippen molar-refractivity contribution in [3.8, 4) is 6.07 Å². The van der Waals surface area contributed by atoms with Gasteiger partial charge in [-0.25, -0.2) is 0 Å². The summed E-state index contributed by atoms with van der Waals surface area (Å²) in [5.74, 6) is 0. The minimum atomic E-state index is -0.0151. The number of aryl methyl sites for hydroxylation is 1. The summed E-state index contributed by atoms with van der Waals surface area (Å²) in [6.45, 7) is 7.30. The predicted octanol–water partition coefficient (Wildman–Crippen LogP) is 2.87. The number of ether oxygens (including phenoxy) is 1. The first-order chi connectivity index (χ1) is 9.06. The zero-order valence-electron chi connectivity index (χ0n) is 12.1. The van der Waals surface area contributed by atoms with Crippen LogP contribution in [-0.2, 0) is 11.3 Å². The van der Waals surface area contributed by atoms with Gasteiger partial charge in [0, 0.05) is 20.2 Å². The second-order valence-corrected chi connectivity index (χ2v) is 5.72. The van der Waals surface area contributed by atoms with Gasteiger partial charge in [-0.05, 0) is 56.5 Å². The summed E-state index contributed by atoms with van der Waals surface area (Å²) in [6, 6.07) is 8.13. The van der Waals surface area contributed by atoms with Crippen LogP contribution < -0.4 is 0 Å². The van der Waals surface area contributed by atoms with E-state index in [2.05, 4.69) is 30.9 Å². The smallest absolute Gasteiger partial charge is 0.0991 e. The van der Waals surface area contributed by atoms with Crippen LogP contribution in [0.25, 0.3) is 0 Å². The van der Waals surface area contributed by atoms with Gasteiger partial charge in [0.15, 0.2) is 0 Å². The van der Waals surface area contributed by atoms with E-state index in [4.69, 9.17) is 10.00 Å². The maximum Gasteiger partial charge on any atom is 0.0991 e. The molecule has 0 spiro atoms. The normalized spacial score (nSPS) is 24.1. The fourth-order valence-corrected chi connectivity index (χ4v) is 2.79. The molecule has 1 aromatic carbocycles. The molecule has 3 heteroatoms. The van der Waals surface area contributed by atoms with E-state index in [9.17, 15) is 0 Å². The SMILES string of the molecule is COC1(C)CCCN(Cc2ccc(C#N)cc2C)C1. The van der Waals surface area contributed by atoms with Crippen LogP contribution in [0.4, 0.5) is 0 Å². The van der Waals surface area contributed by atoms with Gasteiger partial charge < -0.3 is 4.74 Å². The highest BCUT2D eigenvalue weighted by Gasteiger charge is 2.30. The second-order valence-electron chi connectivity index (χ2n) is 5.72. The Hall–Kier alpha value is -1.37. The van der Waals surface area contributed by atoms with Crippen molar-refractivity contribution in [3.63, 3.8) is 0 Å². The molecule has 19 heavy (non-hydrogen) atoms. The molecule has 1 atom stereocenters. The number of rotatable bonds is 3. The summed E-state index contributed by atoms with van der Waals surface area (Å²) < 4.78 is 5.63. The van der Waals surface area contributed by atoms with Gasteiger partial charge in [0.25, 0.3) is 0 Å². The molecule has 2 rings (SSSR count). The quantitative estimate of drug-likeness (QED) is 0.836. The van der Waals surface area contributed by atoms with Crippen molar-refractivity contribution in [3.05, 3.63) is 34.9 Å². The van der Waals surface area contributed by atoms with Gasteiger partial charge >= 0.3 is 0 Å². The Morgan fingerprint density at radius 3 is 2.89 bits per heavy atom. The van der Waals surface area contributed by atoms with E-state index in [-0.39, 0.29) is 5.60 Å². The van der Waals surface area contributed by atoms with Crippen LogP contribution in [-0.4, -0.2) is 30.7 Å². The number of nitrogens with zero attached hydrogens (tertiary/aromatic N) is 2. The van der Waals surface area contributed by atoms with Crippen molar-refractivity contribution in [2.75, 3.05) is 20.2 Å². The Kier molecular flexibility index (Phi) is 4.24. The average Bonchev–Trinajstić information content (AvgIpc) is 2.41. The lowest BCUT2D eigenvalue weighted by Gasteiger charge is -2.39. The van der Waals surface area contributed by atoms with Gasteiger partial charge in [-0.1, -0.05) is 6.07 Å². The van der Waals surface area contributed by atoms with E-state index in [0.717, 1.165) is 31.6 Å². The van der Waals surface area contributed by atoms with E-state index in [1.165, 1.54) is 17.5 Å². The van der Waals surface area contributed by atoms with E-state index in [1.54, 1.807) is 7.11 Å². The van der Waals surface area contributed by atoms with Crippen LogP contribution in [0.3, 0.4) is 0 Å². The molecule has 102 valence electrons. The third kappa shape index (κ3) is 3.34. The van der Waals surface area contributed by atoms with Gasteiger partial charge in [-0.15, -0.1) is 0 Å². The molecule has 0 N–H and O–H groups in total. The Labute approximate surface area is 115 Å². The number of piperidine rings is 1. The number of nitriles is 1. The molecule has 1 aromatic rings. The van der Waals surface area contributed by atoms with Crippen LogP contribution in [0.1, 0.15) is 36.5 Å². The maximum absolute atomic E-state index is 8.90. The predicted molar refractivity (Wildman–Crippen MR) is 75.8 cm³/mol. The van der Waals surface area contributed by atoms with Gasteiger partial charge in [0.05, 0.1) is 17.2 Å². The summed E-state index contributed by atoms with van der Waals surface area (Å²) in [4.78, 5) is 2.45. The zero-order valence-corrected chi connectivity index (χ0v) is 12.1. The lowest BCUT2D eigenvalue weighted by molar-refractivity contribution is -0.0527. The topological polar surface area (TPSA) is 36.3 Å². The van der Waals surface area contributed by atoms with Crippen molar-refractivity contribution in [1.82, 2.24) is 4.90 Å². The third-order valence-electron chi connectivity index (χ3n) is 4.10. The number of hydrogen-bond acceptors (Lipinski definition) is 3. The van der Waals surface area contributed by atoms with E-state index < -0.39 is 0 Å². The summed E-state index contributed by atoms with van der Waals surface area (Å²) in [7, 11) is 1.80. The highest BCUT2D eigenvalue weighted by Crippen LogP contribution is 2.25. The maximum atomic E-state index is 8.90. The van der Waals surface area contributed by atoms with Crippen molar-refractivity contribution >= 4 is 0 Å². The Morgan fingerprint density at radius 2 is 2.26 bits per heavy atom. The van der Waals surface area contributed by atoms with Gasteiger partial charge in [-0.3, -0.25) is 4.90 Å². The lowest BCUT2D eigenvalue weighted by atomic mass is 9.94. The summed E-state index contributed by atoms with van der Waals surface area (Å²) >= 11 is 0. The van der Waals surface area contributed by atoms with Crippen LogP contribution in [0.2, 0.25) is 0 Å². The third-order valence-corrected chi connectivity index (χ3v) is 4.10. The Bertz CT molecular complexity index is 492. The number of methoxy groups -OCH3 is 1. The molecule has 0 bridgehead atoms. The molecule has 1 unspecified atom stereocenters. The highest BCUT2D eigenvalue weighted by molar-refractivity contribution is 5.37. The van der Waals surface area contributed by atoms with Crippen LogP contribution in [0.15, 0.2) is 18.2 Å². The first-order valence-electron chi connectivity index (χ1n) is 6.83. The first kappa shape index (κ1) is 14.0. The highest BCUT2D eigenvalue weighted by atomic mass is 16.5. The molecule has 1 aliphatic rings. The van der Waals surface area contributed by atoms with Crippen molar-refractivity contribution in [2.24, 2.45) is 0 Å². The van der Waals surface area contributed by atoms with E-state index in [0.29, 0.717) is 0 Å². The fraction of sp³-hybridized carbons (Fsp3) is 0.562. The van der Waals surface area contributed by atoms with E-state index in [1.807, 2.05) is 12.1 Å². The molecular formula is C16H22N2O. The molecule has 1 saturated heterocycles. The molecular weight excluding hydrogens is 236 g/mol. The van der Waals surface area contributed by atoms with E-state index >= 15 is 0 Å². The summed E-state index contributed by atoms with van der Waals surface area (Å²) in [6.07, 6.45) is 2.31. The Morgan fingerprint density at radius 1 is 1.47 bits per heavy atom. The first-order valence-corrected chi connectivity index (χ1v) is 6.83. The standard InChI is InChI=1S/C16H22N2O/c1-13-9-14(10-17)5-6-15(13)11-18-8-4-7-16(2,12-18)19-3/h5-6,9H,4,7-8,11-12H2,1-3H3. The molecule has 0 radical (unpaired) electrons. The van der Waals surface area contributed by atoms with Crippen molar-refractivity contribution in [2.45, 2.75) is 38.8 Å². The van der Waals surface area contributed by atoms with Crippen LogP contribution in [0, 0.1) is 18.3 Å². The van der Waals surface area contributed by atoms with Gasteiger partial charge in [-0.2, -0.15) is 5.26 Å². The fourth-order valence-electron chi connectivity index (χ4n) is 2.79. The van der Waals surface area contributed by atoms with Crippen molar-refractivity contribution in [1.29, 1.82) is 5.26 Å². The molecule has 1 fully saturated rings. The summed E-state index contributed by atoms with van der Waals surface area (Å²) in [5.41, 5.74) is 3.23. The molecule has 0 saturated carbocycles. The van der Waals surface area contributed by atoms with Gasteiger partial charge in [0.2, 0.25) is 0 Å². The minimum Gasteiger partial charge on any atom is -0.377 e. The molecule has 3 nitrogen and oxygen atoms in total.